The van der Waals surface area contributed by atoms with Crippen LogP contribution in [0.3, 0.4) is 0 Å². The van der Waals surface area contributed by atoms with Crippen molar-refractivity contribution in [2.24, 2.45) is 0 Å². The highest BCUT2D eigenvalue weighted by Crippen LogP contribution is 2.35. The number of ether oxygens (including phenoxy) is 1. The van der Waals surface area contributed by atoms with Crippen LogP contribution in [0.2, 0.25) is 0 Å². The van der Waals surface area contributed by atoms with Crippen LogP contribution in [0.1, 0.15) is 45.2 Å². The summed E-state index contributed by atoms with van der Waals surface area (Å²) < 4.78 is 19.2. The van der Waals surface area contributed by atoms with Crippen LogP contribution in [0.4, 0.5) is 4.39 Å². The Bertz CT molecular complexity index is 856. The van der Waals surface area contributed by atoms with Gasteiger partial charge < -0.3 is 4.74 Å². The summed E-state index contributed by atoms with van der Waals surface area (Å²) >= 11 is 0. The fourth-order valence-corrected chi connectivity index (χ4v) is 3.00. The molecule has 0 bridgehead atoms. The Morgan fingerprint density at radius 3 is 2.52 bits per heavy atom. The van der Waals surface area contributed by atoms with Gasteiger partial charge in [-0.2, -0.15) is 0 Å². The lowest BCUT2D eigenvalue weighted by Gasteiger charge is -2.16. The van der Waals surface area contributed by atoms with E-state index in [1.54, 1.807) is 0 Å². The predicted octanol–water partition coefficient (Wildman–Crippen LogP) is 6.34. The lowest BCUT2D eigenvalue weighted by Crippen LogP contribution is -1.99. The van der Waals surface area contributed by atoms with E-state index in [-0.39, 0.29) is 11.7 Å². The molecule has 3 aromatic rings. The van der Waals surface area contributed by atoms with Crippen molar-refractivity contribution in [2.45, 2.75) is 39.5 Å². The molecule has 2 aromatic carbocycles. The van der Waals surface area contributed by atoms with Crippen LogP contribution in [0.25, 0.3) is 21.9 Å². The minimum Gasteiger partial charge on any atom is -0.494 e. The van der Waals surface area contributed by atoms with Gasteiger partial charge in [-0.3, -0.25) is 4.98 Å². The predicted molar refractivity (Wildman–Crippen MR) is 102 cm³/mol. The van der Waals surface area contributed by atoms with Crippen LogP contribution in [-0.2, 0) is 0 Å². The maximum absolute atomic E-state index is 13.3. The molecule has 130 valence electrons. The fourth-order valence-electron chi connectivity index (χ4n) is 3.00. The van der Waals surface area contributed by atoms with Gasteiger partial charge in [-0.1, -0.05) is 39.3 Å². The van der Waals surface area contributed by atoms with Gasteiger partial charge in [-0.05, 0) is 53.6 Å². The highest BCUT2D eigenvalue weighted by atomic mass is 19.1. The zero-order chi connectivity index (χ0) is 17.8. The molecule has 3 rings (SSSR count). The largest absolute Gasteiger partial charge is 0.494 e. The Kier molecular flexibility index (Phi) is 5.32. The van der Waals surface area contributed by atoms with E-state index in [4.69, 9.17) is 9.72 Å². The molecule has 0 saturated carbocycles. The Balaban J connectivity index is 2.11. The smallest absolute Gasteiger partial charge is 0.123 e. The quantitative estimate of drug-likeness (QED) is 0.489. The SMILES string of the molecule is CCCCOc1ccc2c(-c3ccc(F)cc3)c(C(C)C)ncc2c1. The first-order valence-electron chi connectivity index (χ1n) is 8.91. The summed E-state index contributed by atoms with van der Waals surface area (Å²) in [5, 5.41) is 2.16. The number of hydrogen-bond acceptors (Lipinski definition) is 2. The lowest BCUT2D eigenvalue weighted by atomic mass is 9.93. The van der Waals surface area contributed by atoms with Crippen molar-refractivity contribution in [2.75, 3.05) is 6.61 Å². The molecular weight excluding hydrogens is 313 g/mol. The molecule has 2 nitrogen and oxygen atoms in total. The number of hydrogen-bond donors (Lipinski definition) is 0. The van der Waals surface area contributed by atoms with Crippen molar-refractivity contribution in [3.8, 4) is 16.9 Å². The van der Waals surface area contributed by atoms with Crippen LogP contribution < -0.4 is 4.74 Å². The molecule has 0 radical (unpaired) electrons. The highest BCUT2D eigenvalue weighted by molar-refractivity contribution is 5.98. The van der Waals surface area contributed by atoms with E-state index >= 15 is 0 Å². The number of unbranched alkanes of at least 4 members (excludes halogenated alkanes) is 1. The fraction of sp³-hybridized carbons (Fsp3) is 0.318. The number of pyridine rings is 1. The van der Waals surface area contributed by atoms with Crippen molar-refractivity contribution in [3.63, 3.8) is 0 Å². The lowest BCUT2D eigenvalue weighted by molar-refractivity contribution is 0.310. The van der Waals surface area contributed by atoms with Gasteiger partial charge in [0.15, 0.2) is 0 Å². The normalized spacial score (nSPS) is 11.2. The molecule has 0 atom stereocenters. The van der Waals surface area contributed by atoms with Crippen LogP contribution in [0.15, 0.2) is 48.7 Å². The summed E-state index contributed by atoms with van der Waals surface area (Å²) in [6.45, 7) is 7.13. The second-order valence-electron chi connectivity index (χ2n) is 6.63. The molecule has 0 fully saturated rings. The number of fused-ring (bicyclic) bond motifs is 1. The van der Waals surface area contributed by atoms with Crippen LogP contribution in [0.5, 0.6) is 5.75 Å². The maximum Gasteiger partial charge on any atom is 0.123 e. The van der Waals surface area contributed by atoms with E-state index in [1.165, 1.54) is 12.1 Å². The Morgan fingerprint density at radius 1 is 1.08 bits per heavy atom. The number of rotatable bonds is 6. The van der Waals surface area contributed by atoms with Crippen LogP contribution in [0, 0.1) is 5.82 Å². The van der Waals surface area contributed by atoms with Crippen molar-refractivity contribution < 1.29 is 9.13 Å². The summed E-state index contributed by atoms with van der Waals surface area (Å²) in [5.74, 6) is 0.921. The van der Waals surface area contributed by atoms with Gasteiger partial charge in [0.1, 0.15) is 11.6 Å². The topological polar surface area (TPSA) is 22.1 Å². The van der Waals surface area contributed by atoms with Crippen LogP contribution in [-0.4, -0.2) is 11.6 Å². The molecule has 0 amide bonds. The minimum atomic E-state index is -0.227. The zero-order valence-corrected chi connectivity index (χ0v) is 15.1. The van der Waals surface area contributed by atoms with Crippen molar-refractivity contribution in [1.29, 1.82) is 0 Å². The minimum absolute atomic E-state index is 0.227. The third kappa shape index (κ3) is 3.81. The summed E-state index contributed by atoms with van der Waals surface area (Å²) in [6, 6.07) is 12.8. The van der Waals surface area contributed by atoms with Gasteiger partial charge in [0.05, 0.1) is 12.3 Å². The Morgan fingerprint density at radius 2 is 1.84 bits per heavy atom. The van der Waals surface area contributed by atoms with Crippen molar-refractivity contribution in [3.05, 3.63) is 60.2 Å². The molecule has 0 unspecified atom stereocenters. The second kappa shape index (κ2) is 7.64. The first-order valence-corrected chi connectivity index (χ1v) is 8.91. The van der Waals surface area contributed by atoms with Crippen LogP contribution >= 0.6 is 0 Å². The molecule has 0 saturated heterocycles. The Labute approximate surface area is 148 Å². The third-order valence-electron chi connectivity index (χ3n) is 4.34. The molecule has 0 aliphatic rings. The summed E-state index contributed by atoms with van der Waals surface area (Å²) in [7, 11) is 0. The number of benzene rings is 2. The van der Waals surface area contributed by atoms with Gasteiger partial charge >= 0.3 is 0 Å². The number of nitrogens with zero attached hydrogens (tertiary/aromatic N) is 1. The van der Waals surface area contributed by atoms with E-state index < -0.39 is 0 Å². The molecule has 3 heteroatoms. The van der Waals surface area contributed by atoms with Crippen molar-refractivity contribution >= 4 is 10.8 Å². The summed E-state index contributed by atoms with van der Waals surface area (Å²) in [6.07, 6.45) is 4.06. The molecule has 1 heterocycles. The van der Waals surface area contributed by atoms with E-state index in [9.17, 15) is 4.39 Å². The average Bonchev–Trinajstić information content (AvgIpc) is 2.61. The second-order valence-corrected chi connectivity index (χ2v) is 6.63. The molecule has 0 N–H and O–H groups in total. The highest BCUT2D eigenvalue weighted by Gasteiger charge is 2.15. The van der Waals surface area contributed by atoms with Gasteiger partial charge in [0.2, 0.25) is 0 Å². The Hall–Kier alpha value is -2.42. The van der Waals surface area contributed by atoms with Gasteiger partial charge in [-0.15, -0.1) is 0 Å². The average molecular weight is 337 g/mol. The standard InChI is InChI=1S/C22H24FNO/c1-4-5-12-25-19-10-11-20-17(13-19)14-24-22(15(2)3)21(20)16-6-8-18(23)9-7-16/h6-11,13-15H,4-5,12H2,1-3H3. The van der Waals surface area contributed by atoms with Gasteiger partial charge in [-0.25, -0.2) is 4.39 Å². The first kappa shape index (κ1) is 17.4. The molecule has 25 heavy (non-hydrogen) atoms. The van der Waals surface area contributed by atoms with E-state index in [0.717, 1.165) is 52.8 Å². The molecular formula is C22H24FNO. The van der Waals surface area contributed by atoms with E-state index in [2.05, 4.69) is 26.8 Å². The number of halogens is 1. The molecule has 0 aliphatic heterocycles. The molecule has 0 aliphatic carbocycles. The maximum atomic E-state index is 13.3. The monoisotopic (exact) mass is 337 g/mol. The third-order valence-corrected chi connectivity index (χ3v) is 4.34. The van der Waals surface area contributed by atoms with Gasteiger partial charge in [0, 0.05) is 17.1 Å². The molecule has 1 aromatic heterocycles. The zero-order valence-electron chi connectivity index (χ0n) is 15.1. The van der Waals surface area contributed by atoms with E-state index in [1.807, 2.05) is 30.5 Å². The number of aromatic nitrogens is 1. The molecule has 0 spiro atoms. The summed E-state index contributed by atoms with van der Waals surface area (Å²) in [5.41, 5.74) is 3.09. The van der Waals surface area contributed by atoms with E-state index in [0.29, 0.717) is 0 Å². The van der Waals surface area contributed by atoms with Gasteiger partial charge in [0.25, 0.3) is 0 Å². The first-order chi connectivity index (χ1) is 12.1. The summed E-state index contributed by atoms with van der Waals surface area (Å²) in [4.78, 5) is 4.69. The van der Waals surface area contributed by atoms with Crippen molar-refractivity contribution in [1.82, 2.24) is 4.98 Å².